The molecule has 0 atom stereocenters. The van der Waals surface area contributed by atoms with Crippen LogP contribution < -0.4 is 9.62 Å². The molecule has 2 aromatic rings. The number of aryl methyl sites for hydroxylation is 1. The number of benzene rings is 2. The van der Waals surface area contributed by atoms with Crippen LogP contribution in [0, 0.1) is 6.92 Å². The van der Waals surface area contributed by atoms with Crippen molar-refractivity contribution >= 4 is 21.6 Å². The Labute approximate surface area is 168 Å². The number of hydrogen-bond donors (Lipinski definition) is 1. The van der Waals surface area contributed by atoms with Gasteiger partial charge in [0.25, 0.3) is 0 Å². The first-order valence-electron chi connectivity index (χ1n) is 8.94. The molecule has 0 radical (unpaired) electrons. The molecule has 158 valence electrons. The van der Waals surface area contributed by atoms with Crippen LogP contribution in [0.1, 0.15) is 29.5 Å². The number of hydrogen-bond acceptors (Lipinski definition) is 3. The maximum Gasteiger partial charge on any atom is 0.416 e. The van der Waals surface area contributed by atoms with E-state index in [1.165, 1.54) is 6.07 Å². The molecule has 9 heteroatoms. The highest BCUT2D eigenvalue weighted by molar-refractivity contribution is 7.92. The van der Waals surface area contributed by atoms with Crippen molar-refractivity contribution in [3.8, 4) is 0 Å². The minimum Gasteiger partial charge on any atom is -0.352 e. The number of carbonyl (C=O) groups excluding carboxylic acids is 1. The summed E-state index contributed by atoms with van der Waals surface area (Å²) in [6.45, 7) is 2.19. The van der Waals surface area contributed by atoms with Gasteiger partial charge in [0.05, 0.1) is 17.5 Å². The summed E-state index contributed by atoms with van der Waals surface area (Å²) < 4.78 is 63.8. The van der Waals surface area contributed by atoms with Gasteiger partial charge in [-0.15, -0.1) is 0 Å². The number of nitrogens with zero attached hydrogens (tertiary/aromatic N) is 1. The van der Waals surface area contributed by atoms with Crippen LogP contribution in [-0.4, -0.2) is 27.1 Å². The number of rotatable bonds is 8. The topological polar surface area (TPSA) is 66.5 Å². The largest absolute Gasteiger partial charge is 0.416 e. The summed E-state index contributed by atoms with van der Waals surface area (Å²) in [5, 5.41) is 2.77. The Morgan fingerprint density at radius 1 is 1.10 bits per heavy atom. The van der Waals surface area contributed by atoms with Crippen molar-refractivity contribution in [2.45, 2.75) is 32.5 Å². The van der Waals surface area contributed by atoms with Gasteiger partial charge in [0.2, 0.25) is 15.9 Å². The fourth-order valence-corrected chi connectivity index (χ4v) is 3.75. The molecule has 0 aliphatic rings. The molecule has 1 amide bonds. The lowest BCUT2D eigenvalue weighted by Gasteiger charge is -2.23. The van der Waals surface area contributed by atoms with Crippen molar-refractivity contribution in [3.63, 3.8) is 0 Å². The Morgan fingerprint density at radius 3 is 2.41 bits per heavy atom. The van der Waals surface area contributed by atoms with Crippen LogP contribution in [0.25, 0.3) is 0 Å². The molecule has 0 aliphatic carbocycles. The van der Waals surface area contributed by atoms with Crippen molar-refractivity contribution in [2.75, 3.05) is 17.1 Å². The molecule has 0 fully saturated rings. The van der Waals surface area contributed by atoms with Crippen molar-refractivity contribution in [1.82, 2.24) is 5.32 Å². The van der Waals surface area contributed by atoms with Crippen molar-refractivity contribution in [1.29, 1.82) is 0 Å². The monoisotopic (exact) mass is 428 g/mol. The smallest absolute Gasteiger partial charge is 0.352 e. The Morgan fingerprint density at radius 2 is 1.79 bits per heavy atom. The van der Waals surface area contributed by atoms with E-state index in [9.17, 15) is 26.4 Å². The zero-order valence-electron chi connectivity index (χ0n) is 16.2. The standard InChI is InChI=1S/C20H23F3N2O3S/c1-15-7-3-4-8-16(15)14-24-19(26)11-6-12-25(29(2,27)28)18-10-5-9-17(13-18)20(21,22)23/h3-5,7-10,13H,6,11-12,14H2,1-2H3,(H,24,26). The Hall–Kier alpha value is -2.55. The van der Waals surface area contributed by atoms with Gasteiger partial charge in [-0.2, -0.15) is 13.2 Å². The van der Waals surface area contributed by atoms with E-state index < -0.39 is 21.8 Å². The number of carbonyl (C=O) groups is 1. The number of sulfonamides is 1. The van der Waals surface area contributed by atoms with E-state index in [2.05, 4.69) is 5.32 Å². The second kappa shape index (κ2) is 9.30. The van der Waals surface area contributed by atoms with Crippen LogP contribution in [-0.2, 0) is 27.5 Å². The predicted octanol–water partition coefficient (Wildman–Crippen LogP) is 3.88. The molecule has 0 saturated heterocycles. The van der Waals surface area contributed by atoms with Gasteiger partial charge >= 0.3 is 6.18 Å². The van der Waals surface area contributed by atoms with Crippen LogP contribution in [0.3, 0.4) is 0 Å². The fraction of sp³-hybridized carbons (Fsp3) is 0.350. The highest BCUT2D eigenvalue weighted by atomic mass is 32.2. The second-order valence-electron chi connectivity index (χ2n) is 6.69. The molecule has 0 aromatic heterocycles. The van der Waals surface area contributed by atoms with Crippen LogP contribution >= 0.6 is 0 Å². The van der Waals surface area contributed by atoms with Gasteiger partial charge in [-0.25, -0.2) is 8.42 Å². The van der Waals surface area contributed by atoms with E-state index in [0.29, 0.717) is 6.54 Å². The summed E-state index contributed by atoms with van der Waals surface area (Å²) in [6, 6.07) is 11.7. The quantitative estimate of drug-likeness (QED) is 0.694. The third-order valence-corrected chi connectivity index (χ3v) is 5.56. The summed E-state index contributed by atoms with van der Waals surface area (Å²) in [6.07, 6.45) is -3.43. The molecule has 2 aromatic carbocycles. The van der Waals surface area contributed by atoms with E-state index in [4.69, 9.17) is 0 Å². The Balaban J connectivity index is 1.98. The molecule has 0 saturated carbocycles. The Bertz CT molecular complexity index is 959. The predicted molar refractivity (Wildman–Crippen MR) is 106 cm³/mol. The number of anilines is 1. The van der Waals surface area contributed by atoms with E-state index >= 15 is 0 Å². The SMILES string of the molecule is Cc1ccccc1CNC(=O)CCCN(c1cccc(C(F)(F)F)c1)S(C)(=O)=O. The van der Waals surface area contributed by atoms with Gasteiger partial charge in [-0.1, -0.05) is 30.3 Å². The average molecular weight is 428 g/mol. The number of halogens is 3. The van der Waals surface area contributed by atoms with Crippen molar-refractivity contribution in [2.24, 2.45) is 0 Å². The Kier molecular flexibility index (Phi) is 7.29. The molecule has 5 nitrogen and oxygen atoms in total. The molecular weight excluding hydrogens is 405 g/mol. The van der Waals surface area contributed by atoms with Crippen LogP contribution in [0.15, 0.2) is 48.5 Å². The summed E-state index contributed by atoms with van der Waals surface area (Å²) in [5.74, 6) is -0.259. The molecule has 0 aliphatic heterocycles. The van der Waals surface area contributed by atoms with E-state index in [0.717, 1.165) is 39.9 Å². The highest BCUT2D eigenvalue weighted by Crippen LogP contribution is 2.32. The first-order chi connectivity index (χ1) is 13.5. The van der Waals surface area contributed by atoms with E-state index in [1.54, 1.807) is 0 Å². The first kappa shape index (κ1) is 22.7. The number of alkyl halides is 3. The summed E-state index contributed by atoms with van der Waals surface area (Å²) in [4.78, 5) is 12.1. The van der Waals surface area contributed by atoms with Crippen LogP contribution in [0.5, 0.6) is 0 Å². The number of nitrogens with one attached hydrogen (secondary N) is 1. The summed E-state index contributed by atoms with van der Waals surface area (Å²) >= 11 is 0. The zero-order valence-corrected chi connectivity index (χ0v) is 17.0. The third kappa shape index (κ3) is 6.77. The minimum absolute atomic E-state index is 0.0524. The average Bonchev–Trinajstić information content (AvgIpc) is 2.63. The lowest BCUT2D eigenvalue weighted by Crippen LogP contribution is -2.32. The second-order valence-corrected chi connectivity index (χ2v) is 8.60. The summed E-state index contributed by atoms with van der Waals surface area (Å²) in [7, 11) is -3.80. The maximum atomic E-state index is 12.9. The van der Waals surface area contributed by atoms with Crippen molar-refractivity contribution < 1.29 is 26.4 Å². The van der Waals surface area contributed by atoms with Gasteiger partial charge in [-0.3, -0.25) is 9.10 Å². The zero-order chi connectivity index (χ0) is 21.7. The van der Waals surface area contributed by atoms with Crippen LogP contribution in [0.4, 0.5) is 18.9 Å². The highest BCUT2D eigenvalue weighted by Gasteiger charge is 2.31. The fourth-order valence-electron chi connectivity index (χ4n) is 2.80. The van der Waals surface area contributed by atoms with Gasteiger partial charge < -0.3 is 5.32 Å². The molecule has 0 bridgehead atoms. The molecule has 0 unspecified atom stereocenters. The molecule has 0 spiro atoms. The van der Waals surface area contributed by atoms with E-state index in [1.807, 2.05) is 31.2 Å². The molecule has 1 N–H and O–H groups in total. The lowest BCUT2D eigenvalue weighted by atomic mass is 10.1. The van der Waals surface area contributed by atoms with Gasteiger partial charge in [0.15, 0.2) is 0 Å². The lowest BCUT2D eigenvalue weighted by molar-refractivity contribution is -0.137. The number of amides is 1. The molecule has 0 heterocycles. The molecular formula is C20H23F3N2O3S. The van der Waals surface area contributed by atoms with Gasteiger partial charge in [0.1, 0.15) is 0 Å². The van der Waals surface area contributed by atoms with Crippen molar-refractivity contribution in [3.05, 3.63) is 65.2 Å². The third-order valence-electron chi connectivity index (χ3n) is 4.36. The molecule has 29 heavy (non-hydrogen) atoms. The molecule has 2 rings (SSSR count). The summed E-state index contributed by atoms with van der Waals surface area (Å²) in [5.41, 5.74) is 1.01. The van der Waals surface area contributed by atoms with Gasteiger partial charge in [-0.05, 0) is 42.7 Å². The minimum atomic E-state index is -4.57. The normalized spacial score (nSPS) is 11.9. The first-order valence-corrected chi connectivity index (χ1v) is 10.8. The van der Waals surface area contributed by atoms with E-state index in [-0.39, 0.29) is 31.0 Å². The van der Waals surface area contributed by atoms with Gasteiger partial charge in [0, 0.05) is 19.5 Å². The maximum absolute atomic E-state index is 12.9. The van der Waals surface area contributed by atoms with Crippen LogP contribution in [0.2, 0.25) is 0 Å².